The zero-order chi connectivity index (χ0) is 23.2. The van der Waals surface area contributed by atoms with E-state index in [0.717, 1.165) is 6.07 Å². The van der Waals surface area contributed by atoms with Crippen LogP contribution in [0.25, 0.3) is 0 Å². The molecule has 1 unspecified atom stereocenters. The minimum Gasteiger partial charge on any atom is -0.490 e. The van der Waals surface area contributed by atoms with E-state index in [1.54, 1.807) is 6.92 Å². The van der Waals surface area contributed by atoms with E-state index in [0.29, 0.717) is 5.56 Å². The molecule has 2 rings (SSSR count). The molecular formula is C20H22FN3O7. The number of nitro groups is 1. The highest BCUT2D eigenvalue weighted by molar-refractivity contribution is 5.97. The van der Waals surface area contributed by atoms with Gasteiger partial charge in [0.05, 0.1) is 17.2 Å². The fourth-order valence-electron chi connectivity index (χ4n) is 2.46. The lowest BCUT2D eigenvalue weighted by Gasteiger charge is -2.23. The number of rotatable bonds is 8. The van der Waals surface area contributed by atoms with Crippen LogP contribution in [0.5, 0.6) is 5.75 Å². The molecule has 0 aliphatic heterocycles. The molecule has 0 bridgehead atoms. The van der Waals surface area contributed by atoms with Gasteiger partial charge in [-0.3, -0.25) is 20.2 Å². The Labute approximate surface area is 177 Å². The number of aryl methyl sites for hydroxylation is 1. The summed E-state index contributed by atoms with van der Waals surface area (Å²) in [5.74, 6) is -1.59. The van der Waals surface area contributed by atoms with E-state index in [2.05, 4.69) is 15.4 Å². The summed E-state index contributed by atoms with van der Waals surface area (Å²) < 4.78 is 24.1. The van der Waals surface area contributed by atoms with E-state index in [1.807, 2.05) is 0 Å². The van der Waals surface area contributed by atoms with E-state index in [1.165, 1.54) is 44.2 Å². The zero-order valence-corrected chi connectivity index (χ0v) is 17.1. The van der Waals surface area contributed by atoms with Crippen molar-refractivity contribution in [2.45, 2.75) is 26.4 Å². The summed E-state index contributed by atoms with van der Waals surface area (Å²) in [4.78, 5) is 34.1. The van der Waals surface area contributed by atoms with Crippen molar-refractivity contribution in [3.8, 4) is 5.75 Å². The number of hydrogen-bond donors (Lipinski definition) is 3. The lowest BCUT2D eigenvalue weighted by atomic mass is 10.1. The summed E-state index contributed by atoms with van der Waals surface area (Å²) in [7, 11) is 0. The fraction of sp³-hybridized carbons (Fsp3) is 0.300. The summed E-state index contributed by atoms with van der Waals surface area (Å²) in [6.07, 6.45) is -0.809. The molecule has 0 spiro atoms. The highest BCUT2D eigenvalue weighted by Gasteiger charge is 2.32. The van der Waals surface area contributed by atoms with E-state index in [-0.39, 0.29) is 29.4 Å². The van der Waals surface area contributed by atoms with Crippen molar-refractivity contribution in [1.29, 1.82) is 0 Å². The van der Waals surface area contributed by atoms with Crippen molar-refractivity contribution in [2.24, 2.45) is 0 Å². The predicted molar refractivity (Wildman–Crippen MR) is 110 cm³/mol. The standard InChI is InChI=1S/C20H22FN3O7/c1-4-30-19(26)23-16-7-6-14(10-15(16)21)31-11-20(3,27)18(25)22-13-5-8-17(24(28)29)12(2)9-13/h5-10,27H,4,11H2,1-3H3,(H,22,25)(H,23,26). The van der Waals surface area contributed by atoms with Crippen molar-refractivity contribution >= 4 is 29.1 Å². The first-order valence-corrected chi connectivity index (χ1v) is 9.18. The maximum atomic E-state index is 14.1. The first-order valence-electron chi connectivity index (χ1n) is 9.18. The molecule has 1 atom stereocenters. The number of carbonyl (C=O) groups excluding carboxylic acids is 2. The zero-order valence-electron chi connectivity index (χ0n) is 17.1. The van der Waals surface area contributed by atoms with Gasteiger partial charge in [0.25, 0.3) is 11.6 Å². The van der Waals surface area contributed by atoms with Gasteiger partial charge in [0.2, 0.25) is 0 Å². The topological polar surface area (TPSA) is 140 Å². The lowest BCUT2D eigenvalue weighted by molar-refractivity contribution is -0.385. The third kappa shape index (κ3) is 6.37. The minimum absolute atomic E-state index is 0.0196. The number of nitrogens with zero attached hydrogens (tertiary/aromatic N) is 1. The molecule has 31 heavy (non-hydrogen) atoms. The van der Waals surface area contributed by atoms with Crippen LogP contribution in [0.1, 0.15) is 19.4 Å². The Kier molecular flexibility index (Phi) is 7.48. The van der Waals surface area contributed by atoms with Gasteiger partial charge in [0.1, 0.15) is 12.4 Å². The molecule has 3 N–H and O–H groups in total. The highest BCUT2D eigenvalue weighted by Crippen LogP contribution is 2.24. The Morgan fingerprint density at radius 1 is 1.23 bits per heavy atom. The van der Waals surface area contributed by atoms with Crippen molar-refractivity contribution in [1.82, 2.24) is 0 Å². The van der Waals surface area contributed by atoms with Crippen LogP contribution in [0.3, 0.4) is 0 Å². The van der Waals surface area contributed by atoms with Crippen LogP contribution in [0, 0.1) is 22.9 Å². The van der Waals surface area contributed by atoms with Crippen LogP contribution in [0.15, 0.2) is 36.4 Å². The van der Waals surface area contributed by atoms with E-state index < -0.39 is 34.9 Å². The third-order valence-electron chi connectivity index (χ3n) is 4.11. The SMILES string of the molecule is CCOC(=O)Nc1ccc(OCC(C)(O)C(=O)Nc2ccc([N+](=O)[O-])c(C)c2)cc1F. The van der Waals surface area contributed by atoms with Crippen LogP contribution in [-0.2, 0) is 9.53 Å². The van der Waals surface area contributed by atoms with Gasteiger partial charge in [-0.2, -0.15) is 0 Å². The Morgan fingerprint density at radius 2 is 1.94 bits per heavy atom. The Balaban J connectivity index is 1.99. The summed E-state index contributed by atoms with van der Waals surface area (Å²) in [6, 6.07) is 7.55. The maximum Gasteiger partial charge on any atom is 0.411 e. The Bertz CT molecular complexity index is 995. The van der Waals surface area contributed by atoms with Gasteiger partial charge in [-0.25, -0.2) is 9.18 Å². The summed E-state index contributed by atoms with van der Waals surface area (Å²) in [5.41, 5.74) is -1.62. The number of anilines is 2. The minimum atomic E-state index is -1.99. The second-order valence-electron chi connectivity index (χ2n) is 6.76. The summed E-state index contributed by atoms with van der Waals surface area (Å²) >= 11 is 0. The molecule has 0 aliphatic carbocycles. The summed E-state index contributed by atoms with van der Waals surface area (Å²) in [6.45, 7) is 3.95. The van der Waals surface area contributed by atoms with Crippen molar-refractivity contribution in [3.63, 3.8) is 0 Å². The number of amides is 2. The Morgan fingerprint density at radius 3 is 2.52 bits per heavy atom. The molecule has 2 aromatic rings. The van der Waals surface area contributed by atoms with E-state index >= 15 is 0 Å². The van der Waals surface area contributed by atoms with Gasteiger partial charge in [-0.1, -0.05) is 0 Å². The van der Waals surface area contributed by atoms with Crippen LogP contribution in [-0.4, -0.2) is 40.8 Å². The smallest absolute Gasteiger partial charge is 0.411 e. The molecule has 2 aromatic carbocycles. The number of hydrogen-bond acceptors (Lipinski definition) is 7. The van der Waals surface area contributed by atoms with Gasteiger partial charge >= 0.3 is 6.09 Å². The van der Waals surface area contributed by atoms with Gasteiger partial charge in [-0.05, 0) is 45.0 Å². The van der Waals surface area contributed by atoms with Crippen LogP contribution in [0.2, 0.25) is 0 Å². The first-order chi connectivity index (χ1) is 14.5. The number of nitrogens with one attached hydrogen (secondary N) is 2. The van der Waals surface area contributed by atoms with Gasteiger partial charge in [0, 0.05) is 23.4 Å². The van der Waals surface area contributed by atoms with Crippen LogP contribution < -0.4 is 15.4 Å². The predicted octanol–water partition coefficient (Wildman–Crippen LogP) is 3.38. The highest BCUT2D eigenvalue weighted by atomic mass is 19.1. The molecule has 11 heteroatoms. The van der Waals surface area contributed by atoms with Crippen LogP contribution >= 0.6 is 0 Å². The molecule has 10 nitrogen and oxygen atoms in total. The number of nitro benzene ring substituents is 1. The number of benzene rings is 2. The molecular weight excluding hydrogens is 413 g/mol. The molecule has 0 heterocycles. The van der Waals surface area contributed by atoms with Crippen molar-refractivity contribution in [3.05, 3.63) is 57.9 Å². The third-order valence-corrected chi connectivity index (χ3v) is 4.11. The average Bonchev–Trinajstić information content (AvgIpc) is 2.68. The maximum absolute atomic E-state index is 14.1. The largest absolute Gasteiger partial charge is 0.490 e. The molecule has 166 valence electrons. The first kappa shape index (κ1) is 23.5. The molecule has 0 saturated carbocycles. The molecule has 0 fully saturated rings. The van der Waals surface area contributed by atoms with E-state index in [4.69, 9.17) is 4.74 Å². The molecule has 0 radical (unpaired) electrons. The monoisotopic (exact) mass is 435 g/mol. The van der Waals surface area contributed by atoms with Crippen molar-refractivity contribution < 1.29 is 33.5 Å². The second kappa shape index (κ2) is 9.85. The number of ether oxygens (including phenoxy) is 2. The van der Waals surface area contributed by atoms with E-state index in [9.17, 15) is 29.2 Å². The van der Waals surface area contributed by atoms with Crippen molar-refractivity contribution in [2.75, 3.05) is 23.8 Å². The quantitative estimate of drug-likeness (QED) is 0.426. The fourth-order valence-corrected chi connectivity index (χ4v) is 2.46. The normalized spacial score (nSPS) is 12.4. The molecule has 0 aliphatic rings. The number of aliphatic hydroxyl groups is 1. The summed E-state index contributed by atoms with van der Waals surface area (Å²) in [5, 5.41) is 26.0. The molecule has 0 saturated heterocycles. The molecule has 0 aromatic heterocycles. The van der Waals surface area contributed by atoms with Gasteiger partial charge in [-0.15, -0.1) is 0 Å². The second-order valence-corrected chi connectivity index (χ2v) is 6.76. The molecule has 2 amide bonds. The average molecular weight is 435 g/mol. The lowest BCUT2D eigenvalue weighted by Crippen LogP contribution is -2.45. The van der Waals surface area contributed by atoms with Gasteiger partial charge in [0.15, 0.2) is 11.4 Å². The number of halogens is 1. The Hall–Kier alpha value is -3.73. The number of carbonyl (C=O) groups is 2. The van der Waals surface area contributed by atoms with Gasteiger partial charge < -0.3 is 19.9 Å². The van der Waals surface area contributed by atoms with Crippen LogP contribution in [0.4, 0.5) is 26.2 Å².